The van der Waals surface area contributed by atoms with Gasteiger partial charge in [0.05, 0.1) is 13.3 Å². The van der Waals surface area contributed by atoms with Crippen LogP contribution in [0, 0.1) is 5.82 Å². The van der Waals surface area contributed by atoms with Crippen LogP contribution < -0.4 is 26.8 Å². The van der Waals surface area contributed by atoms with Crippen LogP contribution in [0.3, 0.4) is 0 Å². The second kappa shape index (κ2) is 12.1. The first-order valence-electron chi connectivity index (χ1n) is 10.6. The van der Waals surface area contributed by atoms with Crippen LogP contribution in [0.15, 0.2) is 77.8 Å². The van der Waals surface area contributed by atoms with Gasteiger partial charge in [0.2, 0.25) is 5.96 Å². The van der Waals surface area contributed by atoms with E-state index >= 15 is 0 Å². The minimum Gasteiger partial charge on any atom is -0.497 e. The standard InChI is InChI=1S/C25H27ClFN5O2/c1-34-21-4-2-3-16(13-21)15-30-25(32-24(33)18-5-9-19(26)10-6-18)31-23(29)14-22(28)17-7-11-20(27)12-8-17/h2-13,22-23H,14-15,28-29H2,1H3,(H2,30,31,32,33). The Morgan fingerprint density at radius 1 is 1.09 bits per heavy atom. The van der Waals surface area contributed by atoms with Crippen LogP contribution in [0.2, 0.25) is 5.02 Å². The molecule has 3 aromatic rings. The molecule has 0 fully saturated rings. The Balaban J connectivity index is 1.73. The van der Waals surface area contributed by atoms with E-state index in [-0.39, 0.29) is 11.8 Å². The molecule has 3 aromatic carbocycles. The molecule has 1 amide bonds. The number of hydrogen-bond donors (Lipinski definition) is 4. The number of rotatable bonds is 8. The zero-order chi connectivity index (χ0) is 24.5. The fraction of sp³-hybridized carbons (Fsp3) is 0.200. The highest BCUT2D eigenvalue weighted by molar-refractivity contribution is 6.30. The van der Waals surface area contributed by atoms with E-state index in [2.05, 4.69) is 15.6 Å². The van der Waals surface area contributed by atoms with Crippen molar-refractivity contribution in [1.82, 2.24) is 10.6 Å². The predicted molar refractivity (Wildman–Crippen MR) is 132 cm³/mol. The first-order chi connectivity index (χ1) is 16.3. The van der Waals surface area contributed by atoms with Crippen LogP contribution in [-0.2, 0) is 6.54 Å². The van der Waals surface area contributed by atoms with Crippen LogP contribution in [0.1, 0.15) is 33.9 Å². The topological polar surface area (TPSA) is 115 Å². The molecule has 0 aliphatic rings. The van der Waals surface area contributed by atoms with Crippen molar-refractivity contribution in [1.29, 1.82) is 0 Å². The Morgan fingerprint density at radius 2 is 1.79 bits per heavy atom. The van der Waals surface area contributed by atoms with Crippen molar-refractivity contribution in [2.24, 2.45) is 16.5 Å². The molecular formula is C25H27ClFN5O2. The molecule has 0 saturated carbocycles. The van der Waals surface area contributed by atoms with Gasteiger partial charge in [0.1, 0.15) is 11.6 Å². The molecule has 6 N–H and O–H groups in total. The zero-order valence-corrected chi connectivity index (χ0v) is 19.4. The molecule has 9 heteroatoms. The van der Waals surface area contributed by atoms with Crippen molar-refractivity contribution < 1.29 is 13.9 Å². The largest absolute Gasteiger partial charge is 0.497 e. The lowest BCUT2D eigenvalue weighted by atomic mass is 10.0. The summed E-state index contributed by atoms with van der Waals surface area (Å²) in [5.74, 6) is 0.106. The maximum atomic E-state index is 13.2. The van der Waals surface area contributed by atoms with Crippen LogP contribution in [-0.4, -0.2) is 25.1 Å². The van der Waals surface area contributed by atoms with Crippen molar-refractivity contribution in [2.75, 3.05) is 7.11 Å². The molecule has 7 nitrogen and oxygen atoms in total. The van der Waals surface area contributed by atoms with Crippen molar-refractivity contribution in [3.8, 4) is 5.75 Å². The van der Waals surface area contributed by atoms with Gasteiger partial charge in [-0.05, 0) is 66.1 Å². The Labute approximate surface area is 203 Å². The maximum absolute atomic E-state index is 13.2. The lowest BCUT2D eigenvalue weighted by Crippen LogP contribution is -2.49. The quantitative estimate of drug-likeness (QED) is 0.220. The van der Waals surface area contributed by atoms with E-state index in [0.717, 1.165) is 11.1 Å². The molecule has 0 aliphatic carbocycles. The van der Waals surface area contributed by atoms with Gasteiger partial charge in [0, 0.05) is 23.2 Å². The van der Waals surface area contributed by atoms with Gasteiger partial charge < -0.3 is 26.8 Å². The number of ether oxygens (including phenoxy) is 1. The molecule has 0 aliphatic heterocycles. The van der Waals surface area contributed by atoms with Crippen LogP contribution in [0.5, 0.6) is 5.75 Å². The molecular weight excluding hydrogens is 457 g/mol. The number of guanidine groups is 1. The van der Waals surface area contributed by atoms with E-state index < -0.39 is 18.1 Å². The van der Waals surface area contributed by atoms with Crippen LogP contribution in [0.4, 0.5) is 4.39 Å². The van der Waals surface area contributed by atoms with Gasteiger partial charge in [-0.15, -0.1) is 0 Å². The summed E-state index contributed by atoms with van der Waals surface area (Å²) >= 11 is 5.91. The highest BCUT2D eigenvalue weighted by atomic mass is 35.5. The number of carbonyl (C=O) groups excluding carboxylic acids is 1. The number of benzene rings is 3. The minimum absolute atomic E-state index is 0.196. The molecule has 3 rings (SSSR count). The van der Waals surface area contributed by atoms with Gasteiger partial charge in [-0.3, -0.25) is 4.79 Å². The molecule has 0 heterocycles. The Hall–Kier alpha value is -3.46. The van der Waals surface area contributed by atoms with Crippen molar-refractivity contribution in [2.45, 2.75) is 25.2 Å². The SMILES string of the molecule is COc1cccc(CN/C(=N/C(=O)c2ccc(Cl)cc2)NC(N)CC(N)c2ccc(F)cc2)c1. The predicted octanol–water partition coefficient (Wildman–Crippen LogP) is 3.74. The number of carbonyl (C=O) groups is 1. The third-order valence-corrected chi connectivity index (χ3v) is 5.28. The van der Waals surface area contributed by atoms with E-state index in [0.29, 0.717) is 29.3 Å². The fourth-order valence-electron chi connectivity index (χ4n) is 3.20. The Morgan fingerprint density at radius 3 is 2.47 bits per heavy atom. The van der Waals surface area contributed by atoms with Gasteiger partial charge in [0.25, 0.3) is 5.91 Å². The van der Waals surface area contributed by atoms with Gasteiger partial charge >= 0.3 is 0 Å². The minimum atomic E-state index is -0.630. The lowest BCUT2D eigenvalue weighted by molar-refractivity contribution is 0.100. The summed E-state index contributed by atoms with van der Waals surface area (Å²) in [6.45, 7) is 0.369. The summed E-state index contributed by atoms with van der Waals surface area (Å²) in [4.78, 5) is 16.9. The third-order valence-electron chi connectivity index (χ3n) is 5.03. The molecule has 34 heavy (non-hydrogen) atoms. The van der Waals surface area contributed by atoms with Crippen LogP contribution >= 0.6 is 11.6 Å². The number of nitrogens with two attached hydrogens (primary N) is 2. The van der Waals surface area contributed by atoms with E-state index in [4.69, 9.17) is 27.8 Å². The van der Waals surface area contributed by atoms with Crippen molar-refractivity contribution in [3.63, 3.8) is 0 Å². The second-order valence-corrected chi connectivity index (χ2v) is 8.06. The third kappa shape index (κ3) is 7.55. The van der Waals surface area contributed by atoms with Crippen molar-refractivity contribution in [3.05, 3.63) is 100 Å². The molecule has 0 spiro atoms. The van der Waals surface area contributed by atoms with Gasteiger partial charge in [-0.25, -0.2) is 4.39 Å². The van der Waals surface area contributed by atoms with E-state index in [1.807, 2.05) is 24.3 Å². The molecule has 0 saturated heterocycles. The smallest absolute Gasteiger partial charge is 0.280 e. The number of aliphatic imine (C=N–C) groups is 1. The maximum Gasteiger partial charge on any atom is 0.280 e. The normalized spacial score (nSPS) is 13.1. The summed E-state index contributed by atoms with van der Waals surface area (Å²) in [5, 5.41) is 6.66. The highest BCUT2D eigenvalue weighted by Gasteiger charge is 2.15. The van der Waals surface area contributed by atoms with Gasteiger partial charge in [-0.2, -0.15) is 4.99 Å². The molecule has 0 bridgehead atoms. The highest BCUT2D eigenvalue weighted by Crippen LogP contribution is 2.16. The summed E-state index contributed by atoms with van der Waals surface area (Å²) in [5.41, 5.74) is 14.5. The lowest BCUT2D eigenvalue weighted by Gasteiger charge is -2.21. The number of nitrogens with one attached hydrogen (secondary N) is 2. The molecule has 2 atom stereocenters. The number of nitrogens with zero attached hydrogens (tertiary/aromatic N) is 1. The fourth-order valence-corrected chi connectivity index (χ4v) is 3.33. The monoisotopic (exact) mass is 483 g/mol. The van der Waals surface area contributed by atoms with Gasteiger partial charge in [0.15, 0.2) is 0 Å². The van der Waals surface area contributed by atoms with Crippen LogP contribution in [0.25, 0.3) is 0 Å². The average molecular weight is 484 g/mol. The molecule has 0 aromatic heterocycles. The zero-order valence-electron chi connectivity index (χ0n) is 18.7. The summed E-state index contributed by atoms with van der Waals surface area (Å²) < 4.78 is 18.4. The van der Waals surface area contributed by atoms with Crippen molar-refractivity contribution >= 4 is 23.5 Å². The molecule has 178 valence electrons. The number of halogens is 2. The molecule has 0 radical (unpaired) electrons. The summed E-state index contributed by atoms with van der Waals surface area (Å²) in [6.07, 6.45) is -0.310. The average Bonchev–Trinajstić information content (AvgIpc) is 2.83. The number of amides is 1. The van der Waals surface area contributed by atoms with E-state index in [1.54, 1.807) is 43.5 Å². The first kappa shape index (κ1) is 25.2. The number of hydrogen-bond acceptors (Lipinski definition) is 4. The summed E-state index contributed by atoms with van der Waals surface area (Å²) in [7, 11) is 1.59. The Bertz CT molecular complexity index is 1120. The Kier molecular flexibility index (Phi) is 8.98. The van der Waals surface area contributed by atoms with Gasteiger partial charge in [-0.1, -0.05) is 35.9 Å². The van der Waals surface area contributed by atoms with E-state index in [1.165, 1.54) is 12.1 Å². The summed E-state index contributed by atoms with van der Waals surface area (Å²) in [6, 6.07) is 19.4. The molecule has 2 unspecified atom stereocenters. The number of methoxy groups -OCH3 is 1. The van der Waals surface area contributed by atoms with E-state index in [9.17, 15) is 9.18 Å². The second-order valence-electron chi connectivity index (χ2n) is 7.62. The first-order valence-corrected chi connectivity index (χ1v) is 11.0.